The maximum Gasteiger partial charge on any atom is 0.274 e. The van der Waals surface area contributed by atoms with Crippen molar-refractivity contribution in [1.82, 2.24) is 4.98 Å². The Morgan fingerprint density at radius 1 is 1.30 bits per heavy atom. The molecule has 6 heteroatoms. The number of pyridine rings is 1. The predicted octanol–water partition coefficient (Wildman–Crippen LogP) is 3.17. The summed E-state index contributed by atoms with van der Waals surface area (Å²) in [6, 6.07) is 10.4. The minimum atomic E-state index is -0.440. The quantitative estimate of drug-likeness (QED) is 0.668. The van der Waals surface area contributed by atoms with E-state index in [2.05, 4.69) is 10.3 Å². The number of nitro groups is 1. The number of hydrogen-bond donors (Lipinski definition) is 1. The number of rotatable bonds is 5. The zero-order chi connectivity index (χ0) is 14.5. The van der Waals surface area contributed by atoms with Crippen molar-refractivity contribution in [2.45, 2.75) is 13.0 Å². The molecule has 1 N–H and O–H groups in total. The first-order chi connectivity index (χ1) is 9.60. The Morgan fingerprint density at radius 3 is 2.60 bits per heavy atom. The normalized spacial score (nSPS) is 11.7. The molecule has 0 aliphatic rings. The Hall–Kier alpha value is -2.63. The van der Waals surface area contributed by atoms with E-state index in [0.29, 0.717) is 5.82 Å². The third kappa shape index (κ3) is 3.23. The van der Waals surface area contributed by atoms with Crippen LogP contribution in [0.4, 0.5) is 11.5 Å². The van der Waals surface area contributed by atoms with Gasteiger partial charge in [0.05, 0.1) is 18.1 Å². The van der Waals surface area contributed by atoms with Gasteiger partial charge in [-0.3, -0.25) is 10.1 Å². The highest BCUT2D eigenvalue weighted by Crippen LogP contribution is 2.22. The highest BCUT2D eigenvalue weighted by Gasteiger charge is 2.10. The van der Waals surface area contributed by atoms with Gasteiger partial charge in [-0.05, 0) is 24.6 Å². The van der Waals surface area contributed by atoms with E-state index in [1.807, 2.05) is 31.2 Å². The minimum Gasteiger partial charge on any atom is -0.497 e. The maximum absolute atomic E-state index is 10.7. The van der Waals surface area contributed by atoms with Gasteiger partial charge in [0.1, 0.15) is 11.6 Å². The van der Waals surface area contributed by atoms with Gasteiger partial charge in [-0.25, -0.2) is 4.98 Å². The van der Waals surface area contributed by atoms with Crippen LogP contribution in [0.15, 0.2) is 42.6 Å². The first-order valence-corrected chi connectivity index (χ1v) is 6.11. The Kier molecular flexibility index (Phi) is 4.14. The summed E-state index contributed by atoms with van der Waals surface area (Å²) in [5.74, 6) is 1.26. The largest absolute Gasteiger partial charge is 0.497 e. The van der Waals surface area contributed by atoms with Crippen LogP contribution in [0.2, 0.25) is 0 Å². The molecule has 1 heterocycles. The van der Waals surface area contributed by atoms with Crippen molar-refractivity contribution in [3.63, 3.8) is 0 Å². The summed E-state index contributed by atoms with van der Waals surface area (Å²) < 4.78 is 5.10. The molecule has 0 saturated heterocycles. The van der Waals surface area contributed by atoms with Crippen molar-refractivity contribution in [1.29, 1.82) is 0 Å². The molecule has 0 bridgehead atoms. The average molecular weight is 273 g/mol. The van der Waals surface area contributed by atoms with Crippen LogP contribution in [0.1, 0.15) is 18.5 Å². The van der Waals surface area contributed by atoms with E-state index in [0.717, 1.165) is 11.3 Å². The van der Waals surface area contributed by atoms with E-state index in [4.69, 9.17) is 4.74 Å². The zero-order valence-corrected chi connectivity index (χ0v) is 11.2. The molecular weight excluding hydrogens is 258 g/mol. The molecule has 104 valence electrons. The number of aromatic nitrogens is 1. The number of anilines is 1. The van der Waals surface area contributed by atoms with Gasteiger partial charge in [0.2, 0.25) is 0 Å². The number of benzene rings is 1. The second-order valence-corrected chi connectivity index (χ2v) is 4.30. The van der Waals surface area contributed by atoms with E-state index in [1.165, 1.54) is 18.3 Å². The Balaban J connectivity index is 2.12. The summed E-state index contributed by atoms with van der Waals surface area (Å²) in [5.41, 5.74) is 1.06. The molecule has 0 aliphatic heterocycles. The molecule has 2 aromatic rings. The lowest BCUT2D eigenvalue weighted by Gasteiger charge is -2.15. The first-order valence-electron chi connectivity index (χ1n) is 6.11. The van der Waals surface area contributed by atoms with E-state index >= 15 is 0 Å². The van der Waals surface area contributed by atoms with Gasteiger partial charge in [0.15, 0.2) is 0 Å². The van der Waals surface area contributed by atoms with Crippen LogP contribution in [0.5, 0.6) is 5.75 Å². The number of hydrogen-bond acceptors (Lipinski definition) is 5. The zero-order valence-electron chi connectivity index (χ0n) is 11.2. The second-order valence-electron chi connectivity index (χ2n) is 4.30. The second kappa shape index (κ2) is 6.01. The lowest BCUT2D eigenvalue weighted by molar-refractivity contribution is -0.384. The molecule has 6 nitrogen and oxygen atoms in total. The van der Waals surface area contributed by atoms with Gasteiger partial charge in [-0.2, -0.15) is 0 Å². The van der Waals surface area contributed by atoms with E-state index in [-0.39, 0.29) is 11.7 Å². The fourth-order valence-electron chi connectivity index (χ4n) is 1.81. The summed E-state index contributed by atoms with van der Waals surface area (Å²) >= 11 is 0. The van der Waals surface area contributed by atoms with E-state index in [1.54, 1.807) is 7.11 Å². The Morgan fingerprint density at radius 2 is 2.00 bits per heavy atom. The molecule has 0 amide bonds. The van der Waals surface area contributed by atoms with Gasteiger partial charge >= 0.3 is 0 Å². The summed E-state index contributed by atoms with van der Waals surface area (Å²) in [6.07, 6.45) is 1.42. The van der Waals surface area contributed by atoms with Crippen LogP contribution in [0.25, 0.3) is 0 Å². The summed E-state index contributed by atoms with van der Waals surface area (Å²) in [4.78, 5) is 14.4. The third-order valence-electron chi connectivity index (χ3n) is 2.93. The fraction of sp³-hybridized carbons (Fsp3) is 0.214. The number of nitrogens with zero attached hydrogens (tertiary/aromatic N) is 2. The molecule has 0 radical (unpaired) electrons. The van der Waals surface area contributed by atoms with Gasteiger partial charge in [0, 0.05) is 18.3 Å². The third-order valence-corrected chi connectivity index (χ3v) is 2.93. The molecule has 2 rings (SSSR count). The van der Waals surface area contributed by atoms with Crippen molar-refractivity contribution >= 4 is 11.5 Å². The Bertz CT molecular complexity index is 599. The van der Waals surface area contributed by atoms with Crippen molar-refractivity contribution in [3.05, 3.63) is 58.3 Å². The first kappa shape index (κ1) is 13.8. The lowest BCUT2D eigenvalue weighted by Crippen LogP contribution is -2.08. The lowest BCUT2D eigenvalue weighted by atomic mass is 10.1. The highest BCUT2D eigenvalue weighted by atomic mass is 16.6. The number of nitrogens with one attached hydrogen (secondary N) is 1. The Labute approximate surface area is 116 Å². The minimum absolute atomic E-state index is 0.0180. The molecule has 1 unspecified atom stereocenters. The van der Waals surface area contributed by atoms with Gasteiger partial charge < -0.3 is 10.1 Å². The van der Waals surface area contributed by atoms with Gasteiger partial charge in [-0.15, -0.1) is 0 Å². The molecule has 0 spiro atoms. The van der Waals surface area contributed by atoms with Gasteiger partial charge in [-0.1, -0.05) is 12.1 Å². The van der Waals surface area contributed by atoms with Gasteiger partial charge in [0.25, 0.3) is 5.69 Å². The van der Waals surface area contributed by atoms with Crippen LogP contribution < -0.4 is 10.1 Å². The smallest absolute Gasteiger partial charge is 0.274 e. The highest BCUT2D eigenvalue weighted by molar-refractivity contribution is 5.46. The van der Waals surface area contributed by atoms with Crippen molar-refractivity contribution < 1.29 is 9.66 Å². The average Bonchev–Trinajstić information content (AvgIpc) is 2.47. The van der Waals surface area contributed by atoms with Crippen LogP contribution in [0.3, 0.4) is 0 Å². The standard InChI is InChI=1S/C14H15N3O3/c1-10(11-3-5-13(20-2)6-4-11)16-14-9-12(17(18)19)7-8-15-14/h3-10H,1-2H3,(H,15,16). The van der Waals surface area contributed by atoms with Crippen LogP contribution in [-0.2, 0) is 0 Å². The summed E-state index contributed by atoms with van der Waals surface area (Å²) in [5, 5.41) is 13.9. The van der Waals surface area contributed by atoms with E-state index < -0.39 is 4.92 Å². The molecular formula is C14H15N3O3. The molecule has 1 atom stereocenters. The van der Waals surface area contributed by atoms with Crippen LogP contribution in [0, 0.1) is 10.1 Å². The fourth-order valence-corrected chi connectivity index (χ4v) is 1.81. The van der Waals surface area contributed by atoms with Crippen molar-refractivity contribution in [2.24, 2.45) is 0 Å². The topological polar surface area (TPSA) is 77.3 Å². The van der Waals surface area contributed by atoms with E-state index in [9.17, 15) is 10.1 Å². The molecule has 1 aromatic heterocycles. The molecule has 1 aromatic carbocycles. The molecule has 0 aliphatic carbocycles. The van der Waals surface area contributed by atoms with Crippen LogP contribution >= 0.6 is 0 Å². The molecule has 0 saturated carbocycles. The van der Waals surface area contributed by atoms with Crippen molar-refractivity contribution in [2.75, 3.05) is 12.4 Å². The van der Waals surface area contributed by atoms with Crippen LogP contribution in [-0.4, -0.2) is 17.0 Å². The summed E-state index contributed by atoms with van der Waals surface area (Å²) in [6.45, 7) is 1.96. The number of methoxy groups -OCH3 is 1. The number of ether oxygens (including phenoxy) is 1. The molecule has 20 heavy (non-hydrogen) atoms. The molecule has 0 fully saturated rings. The van der Waals surface area contributed by atoms with Crippen molar-refractivity contribution in [3.8, 4) is 5.75 Å². The predicted molar refractivity (Wildman–Crippen MR) is 75.9 cm³/mol. The maximum atomic E-state index is 10.7. The monoisotopic (exact) mass is 273 g/mol. The SMILES string of the molecule is COc1ccc(C(C)Nc2cc([N+](=O)[O-])ccn2)cc1. The summed E-state index contributed by atoms with van der Waals surface area (Å²) in [7, 11) is 1.61.